The molecular formula is C28H56O6S. The summed E-state index contributed by atoms with van der Waals surface area (Å²) in [6, 6.07) is 0. The van der Waals surface area contributed by atoms with Crippen molar-refractivity contribution in [2.24, 2.45) is 11.8 Å². The fourth-order valence-corrected chi connectivity index (χ4v) is 5.44. The molecule has 0 spiro atoms. The number of hydrogen-bond acceptors (Lipinski definition) is 5. The van der Waals surface area contributed by atoms with Crippen molar-refractivity contribution in [1.29, 1.82) is 0 Å². The number of unbranched alkanes of at least 4 members (excludes halogenated alkanes) is 11. The molecule has 1 atom stereocenters. The molecule has 0 aromatic rings. The Balaban J connectivity index is 2.33. The third-order valence-electron chi connectivity index (χ3n) is 7.15. The van der Waals surface area contributed by atoms with Gasteiger partial charge in [0.1, 0.15) is 6.61 Å². The zero-order chi connectivity index (χ0) is 25.8. The first-order valence-corrected chi connectivity index (χ1v) is 16.2. The second-order valence-electron chi connectivity index (χ2n) is 10.9. The van der Waals surface area contributed by atoms with Gasteiger partial charge in [0.05, 0.1) is 19.0 Å². The molecule has 1 N–H and O–H groups in total. The molecule has 1 unspecified atom stereocenters. The van der Waals surface area contributed by atoms with Gasteiger partial charge in [0.25, 0.3) is 10.1 Å². The van der Waals surface area contributed by atoms with Gasteiger partial charge in [-0.3, -0.25) is 4.55 Å². The van der Waals surface area contributed by atoms with Crippen molar-refractivity contribution in [2.75, 3.05) is 32.2 Å². The Morgan fingerprint density at radius 1 is 0.829 bits per heavy atom. The molecule has 1 aliphatic heterocycles. The van der Waals surface area contributed by atoms with E-state index in [0.717, 1.165) is 5.92 Å². The van der Waals surface area contributed by atoms with Gasteiger partial charge in [-0.25, -0.2) is 0 Å². The highest BCUT2D eigenvalue weighted by Crippen LogP contribution is 2.30. The van der Waals surface area contributed by atoms with E-state index >= 15 is 0 Å². The van der Waals surface area contributed by atoms with E-state index in [0.29, 0.717) is 19.1 Å². The maximum atomic E-state index is 10.8. The Labute approximate surface area is 217 Å². The molecule has 0 radical (unpaired) electrons. The van der Waals surface area contributed by atoms with E-state index in [9.17, 15) is 8.42 Å². The minimum Gasteiger partial charge on any atom is -0.376 e. The van der Waals surface area contributed by atoms with Gasteiger partial charge in [-0.1, -0.05) is 110 Å². The smallest absolute Gasteiger partial charge is 0.264 e. The predicted molar refractivity (Wildman–Crippen MR) is 144 cm³/mol. The molecular weight excluding hydrogens is 464 g/mol. The molecule has 0 aliphatic carbocycles. The summed E-state index contributed by atoms with van der Waals surface area (Å²) in [5, 5.41) is 0. The maximum absolute atomic E-state index is 10.8. The summed E-state index contributed by atoms with van der Waals surface area (Å²) in [5.41, 5.74) is 0. The van der Waals surface area contributed by atoms with Gasteiger partial charge in [0.15, 0.2) is 5.79 Å². The molecule has 1 rings (SSSR count). The second kappa shape index (κ2) is 19.8. The van der Waals surface area contributed by atoms with E-state index in [1.54, 1.807) is 0 Å². The molecule has 0 amide bonds. The lowest BCUT2D eigenvalue weighted by Crippen LogP contribution is -2.45. The van der Waals surface area contributed by atoms with Crippen LogP contribution in [0.2, 0.25) is 0 Å². The van der Waals surface area contributed by atoms with Crippen LogP contribution < -0.4 is 0 Å². The lowest BCUT2D eigenvalue weighted by atomic mass is 9.86. The zero-order valence-electron chi connectivity index (χ0n) is 23.1. The number of rotatable bonds is 23. The fraction of sp³-hybridized carbons (Fsp3) is 1.00. The topological polar surface area (TPSA) is 82.1 Å². The van der Waals surface area contributed by atoms with Crippen molar-refractivity contribution in [3.05, 3.63) is 0 Å². The van der Waals surface area contributed by atoms with Gasteiger partial charge in [-0.15, -0.1) is 0 Å². The quantitative estimate of drug-likeness (QED) is 0.111. The Morgan fingerprint density at radius 3 is 1.80 bits per heavy atom. The highest BCUT2D eigenvalue weighted by atomic mass is 32.2. The van der Waals surface area contributed by atoms with Gasteiger partial charge in [0, 0.05) is 12.5 Å². The average Bonchev–Trinajstić information content (AvgIpc) is 2.81. The van der Waals surface area contributed by atoms with E-state index in [-0.39, 0.29) is 25.4 Å². The molecule has 1 aliphatic rings. The summed E-state index contributed by atoms with van der Waals surface area (Å²) in [6.07, 6.45) is 21.7. The minimum atomic E-state index is -3.93. The first-order valence-electron chi connectivity index (χ1n) is 14.6. The standard InChI is InChI=1S/C28H56O6S/c1-4-6-8-10-12-14-16-19-26(18-15-13-11-9-7-5-2)22-27-23-33-28(3,34-24-27)25-32-20-17-21-35(29,30)31/h26-27H,4-25H2,1-3H3,(H,29,30,31). The van der Waals surface area contributed by atoms with Gasteiger partial charge < -0.3 is 14.2 Å². The van der Waals surface area contributed by atoms with E-state index < -0.39 is 15.9 Å². The Kier molecular flexibility index (Phi) is 18.6. The summed E-state index contributed by atoms with van der Waals surface area (Å²) >= 11 is 0. The van der Waals surface area contributed by atoms with E-state index in [1.165, 1.54) is 103 Å². The third-order valence-corrected chi connectivity index (χ3v) is 7.96. The van der Waals surface area contributed by atoms with Crippen molar-refractivity contribution in [3.63, 3.8) is 0 Å². The van der Waals surface area contributed by atoms with E-state index in [4.69, 9.17) is 18.8 Å². The van der Waals surface area contributed by atoms with Crippen LogP contribution in [0.1, 0.15) is 130 Å². The molecule has 7 heteroatoms. The minimum absolute atomic E-state index is 0.254. The lowest BCUT2D eigenvalue weighted by Gasteiger charge is -2.38. The van der Waals surface area contributed by atoms with Crippen molar-refractivity contribution in [2.45, 2.75) is 136 Å². The molecule has 210 valence electrons. The Hall–Kier alpha value is -0.210. The van der Waals surface area contributed by atoms with Crippen LogP contribution in [-0.4, -0.2) is 50.9 Å². The highest BCUT2D eigenvalue weighted by molar-refractivity contribution is 7.85. The zero-order valence-corrected chi connectivity index (χ0v) is 23.9. The summed E-state index contributed by atoms with van der Waals surface area (Å²) in [5.74, 6) is 0.126. The van der Waals surface area contributed by atoms with Gasteiger partial charge >= 0.3 is 0 Å². The Bertz CT molecular complexity index is 586. The summed E-state index contributed by atoms with van der Waals surface area (Å²) in [6.45, 7) is 8.33. The first kappa shape index (κ1) is 32.8. The number of hydrogen-bond donors (Lipinski definition) is 1. The molecule has 6 nitrogen and oxygen atoms in total. The van der Waals surface area contributed by atoms with Crippen LogP contribution in [0.5, 0.6) is 0 Å². The SMILES string of the molecule is CCCCCCCCCC(CCCCCCCC)CC1COC(C)(COCCCS(=O)(=O)O)OC1. The molecule has 0 bridgehead atoms. The monoisotopic (exact) mass is 520 g/mol. The van der Waals surface area contributed by atoms with Crippen molar-refractivity contribution in [3.8, 4) is 0 Å². The molecule has 0 aromatic heterocycles. The van der Waals surface area contributed by atoms with Crippen LogP contribution in [0, 0.1) is 11.8 Å². The van der Waals surface area contributed by atoms with Crippen molar-refractivity contribution < 1.29 is 27.2 Å². The fourth-order valence-electron chi connectivity index (χ4n) is 4.95. The Morgan fingerprint density at radius 2 is 1.31 bits per heavy atom. The first-order chi connectivity index (χ1) is 16.8. The van der Waals surface area contributed by atoms with E-state index in [1.807, 2.05) is 6.92 Å². The molecule has 1 fully saturated rings. The average molecular weight is 521 g/mol. The maximum Gasteiger partial charge on any atom is 0.264 e. The molecule has 0 aromatic carbocycles. The molecule has 35 heavy (non-hydrogen) atoms. The van der Waals surface area contributed by atoms with Crippen LogP contribution in [-0.2, 0) is 24.3 Å². The van der Waals surface area contributed by atoms with Crippen LogP contribution in [0.15, 0.2) is 0 Å². The van der Waals surface area contributed by atoms with Crippen molar-refractivity contribution >= 4 is 10.1 Å². The second-order valence-corrected chi connectivity index (χ2v) is 12.5. The summed E-state index contributed by atoms with van der Waals surface area (Å²) in [4.78, 5) is 0. The van der Waals surface area contributed by atoms with Gasteiger partial charge in [-0.05, 0) is 25.7 Å². The lowest BCUT2D eigenvalue weighted by molar-refractivity contribution is -0.292. The molecule has 1 heterocycles. The predicted octanol–water partition coefficient (Wildman–Crippen LogP) is 7.56. The van der Waals surface area contributed by atoms with Crippen LogP contribution in [0.4, 0.5) is 0 Å². The summed E-state index contributed by atoms with van der Waals surface area (Å²) in [7, 11) is -3.93. The van der Waals surface area contributed by atoms with Crippen molar-refractivity contribution in [1.82, 2.24) is 0 Å². The van der Waals surface area contributed by atoms with Crippen LogP contribution >= 0.6 is 0 Å². The highest BCUT2D eigenvalue weighted by Gasteiger charge is 2.34. The van der Waals surface area contributed by atoms with Crippen LogP contribution in [0.25, 0.3) is 0 Å². The largest absolute Gasteiger partial charge is 0.376 e. The molecule has 0 saturated carbocycles. The van der Waals surface area contributed by atoms with Gasteiger partial charge in [0.2, 0.25) is 0 Å². The van der Waals surface area contributed by atoms with E-state index in [2.05, 4.69) is 13.8 Å². The van der Waals surface area contributed by atoms with Gasteiger partial charge in [-0.2, -0.15) is 8.42 Å². The number of ether oxygens (including phenoxy) is 3. The summed E-state index contributed by atoms with van der Waals surface area (Å²) < 4.78 is 48.1. The normalized spacial score (nSPS) is 21.9. The third kappa shape index (κ3) is 18.7. The molecule has 1 saturated heterocycles. The van der Waals surface area contributed by atoms with Crippen LogP contribution in [0.3, 0.4) is 0 Å².